The predicted octanol–water partition coefficient (Wildman–Crippen LogP) is 4.01. The minimum absolute atomic E-state index is 0.195. The standard InChI is InChI=1S/C20H18F3N5O/c21-16-1-2-17-13(5-8-29-17)15(16)10-25-19-24-9-14(18-26-11-27-28(18)19)12-3-6-20(22,23)7-4-12/h1-3,9,11H,4-8,10H2,(H,24,25). The molecule has 6 nitrogen and oxygen atoms in total. The summed E-state index contributed by atoms with van der Waals surface area (Å²) >= 11 is 0. The molecular weight excluding hydrogens is 383 g/mol. The number of ether oxygens (including phenoxy) is 1. The Hall–Kier alpha value is -3.10. The van der Waals surface area contributed by atoms with Crippen LogP contribution in [-0.2, 0) is 13.0 Å². The first-order chi connectivity index (χ1) is 14.0. The average molecular weight is 401 g/mol. The number of hydrogen-bond donors (Lipinski definition) is 1. The van der Waals surface area contributed by atoms with Crippen LogP contribution in [0.25, 0.3) is 11.2 Å². The fraction of sp³-hybridized carbons (Fsp3) is 0.350. The summed E-state index contributed by atoms with van der Waals surface area (Å²) in [6, 6.07) is 3.04. The van der Waals surface area contributed by atoms with Gasteiger partial charge in [0.15, 0.2) is 5.65 Å². The van der Waals surface area contributed by atoms with Crippen LogP contribution in [0.15, 0.2) is 30.7 Å². The number of rotatable bonds is 4. The summed E-state index contributed by atoms with van der Waals surface area (Å²) in [6.45, 7) is 0.759. The van der Waals surface area contributed by atoms with Crippen molar-refractivity contribution in [2.75, 3.05) is 11.9 Å². The third-order valence-corrected chi connectivity index (χ3v) is 5.42. The van der Waals surface area contributed by atoms with Crippen molar-refractivity contribution in [2.45, 2.75) is 38.2 Å². The third kappa shape index (κ3) is 3.20. The van der Waals surface area contributed by atoms with Gasteiger partial charge in [-0.05, 0) is 24.1 Å². The molecule has 3 heterocycles. The summed E-state index contributed by atoms with van der Waals surface area (Å²) in [5, 5.41) is 7.31. The topological polar surface area (TPSA) is 64.3 Å². The van der Waals surface area contributed by atoms with E-state index in [2.05, 4.69) is 20.4 Å². The first kappa shape index (κ1) is 18.0. The Morgan fingerprint density at radius 1 is 1.21 bits per heavy atom. The molecule has 0 radical (unpaired) electrons. The van der Waals surface area contributed by atoms with E-state index in [0.717, 1.165) is 11.1 Å². The second-order valence-corrected chi connectivity index (χ2v) is 7.24. The van der Waals surface area contributed by atoms with Crippen LogP contribution >= 0.6 is 0 Å². The van der Waals surface area contributed by atoms with Crippen molar-refractivity contribution in [3.63, 3.8) is 0 Å². The van der Waals surface area contributed by atoms with Gasteiger partial charge < -0.3 is 10.1 Å². The number of fused-ring (bicyclic) bond motifs is 2. The van der Waals surface area contributed by atoms with Crippen molar-refractivity contribution in [1.82, 2.24) is 19.6 Å². The van der Waals surface area contributed by atoms with Crippen molar-refractivity contribution < 1.29 is 17.9 Å². The van der Waals surface area contributed by atoms with Crippen molar-refractivity contribution in [1.29, 1.82) is 0 Å². The lowest BCUT2D eigenvalue weighted by Crippen LogP contribution is -2.18. The second-order valence-electron chi connectivity index (χ2n) is 7.24. The predicted molar refractivity (Wildman–Crippen MR) is 100 cm³/mol. The minimum Gasteiger partial charge on any atom is -0.493 e. The summed E-state index contributed by atoms with van der Waals surface area (Å²) in [6.07, 6.45) is 4.97. The molecule has 1 aromatic carbocycles. The van der Waals surface area contributed by atoms with Gasteiger partial charge in [-0.2, -0.15) is 9.61 Å². The molecule has 0 atom stereocenters. The highest BCUT2D eigenvalue weighted by Crippen LogP contribution is 2.37. The summed E-state index contributed by atoms with van der Waals surface area (Å²) in [5.74, 6) is -1.86. The zero-order valence-electron chi connectivity index (χ0n) is 15.5. The molecule has 2 aliphatic rings. The Morgan fingerprint density at radius 3 is 2.93 bits per heavy atom. The fourth-order valence-corrected chi connectivity index (χ4v) is 3.88. The molecule has 3 aromatic rings. The number of nitrogens with one attached hydrogen (secondary N) is 1. The Balaban J connectivity index is 1.44. The monoisotopic (exact) mass is 401 g/mol. The molecule has 0 amide bonds. The molecular formula is C20H18F3N5O. The first-order valence-corrected chi connectivity index (χ1v) is 9.45. The lowest BCUT2D eigenvalue weighted by molar-refractivity contribution is -0.00602. The van der Waals surface area contributed by atoms with E-state index in [1.807, 2.05) is 0 Å². The van der Waals surface area contributed by atoms with Gasteiger partial charge in [-0.25, -0.2) is 23.1 Å². The molecule has 0 saturated carbocycles. The van der Waals surface area contributed by atoms with Crippen LogP contribution in [0.2, 0.25) is 0 Å². The Labute approximate surface area is 164 Å². The normalized spacial score (nSPS) is 17.7. The Bertz CT molecular complexity index is 1120. The molecule has 1 N–H and O–H groups in total. The third-order valence-electron chi connectivity index (χ3n) is 5.42. The Kier molecular flexibility index (Phi) is 4.18. The molecule has 9 heteroatoms. The quantitative estimate of drug-likeness (QED) is 0.716. The molecule has 5 rings (SSSR count). The first-order valence-electron chi connectivity index (χ1n) is 9.45. The van der Waals surface area contributed by atoms with Crippen molar-refractivity contribution in [2.24, 2.45) is 0 Å². The highest BCUT2D eigenvalue weighted by Gasteiger charge is 2.32. The number of anilines is 1. The van der Waals surface area contributed by atoms with Gasteiger partial charge in [-0.15, -0.1) is 0 Å². The van der Waals surface area contributed by atoms with Gasteiger partial charge in [0.1, 0.15) is 17.9 Å². The van der Waals surface area contributed by atoms with Crippen LogP contribution in [0.1, 0.15) is 36.0 Å². The molecule has 1 aliphatic carbocycles. The fourth-order valence-electron chi connectivity index (χ4n) is 3.88. The van der Waals surface area contributed by atoms with Gasteiger partial charge >= 0.3 is 0 Å². The number of allylic oxidation sites excluding steroid dienone is 2. The molecule has 0 saturated heterocycles. The summed E-state index contributed by atoms with van der Waals surface area (Å²) < 4.78 is 48.3. The highest BCUT2D eigenvalue weighted by molar-refractivity contribution is 5.76. The number of halogens is 3. The van der Waals surface area contributed by atoms with E-state index < -0.39 is 5.92 Å². The molecule has 1 aliphatic heterocycles. The molecule has 2 aromatic heterocycles. The van der Waals surface area contributed by atoms with Gasteiger partial charge in [0.05, 0.1) is 6.61 Å². The van der Waals surface area contributed by atoms with E-state index in [1.165, 1.54) is 16.9 Å². The molecule has 0 fully saturated rings. The number of hydrogen-bond acceptors (Lipinski definition) is 5. The number of benzene rings is 1. The molecule has 0 spiro atoms. The molecule has 0 bridgehead atoms. The molecule has 29 heavy (non-hydrogen) atoms. The van der Waals surface area contributed by atoms with E-state index in [-0.39, 0.29) is 31.6 Å². The smallest absolute Gasteiger partial charge is 0.251 e. The van der Waals surface area contributed by atoms with Crippen LogP contribution < -0.4 is 10.1 Å². The van der Waals surface area contributed by atoms with Gasteiger partial charge in [0.25, 0.3) is 5.92 Å². The average Bonchev–Trinajstić information content (AvgIpc) is 3.37. The van der Waals surface area contributed by atoms with Gasteiger partial charge in [0.2, 0.25) is 5.95 Å². The van der Waals surface area contributed by atoms with Gasteiger partial charge in [0, 0.05) is 48.7 Å². The van der Waals surface area contributed by atoms with E-state index in [0.29, 0.717) is 41.5 Å². The van der Waals surface area contributed by atoms with E-state index in [1.54, 1.807) is 18.3 Å². The van der Waals surface area contributed by atoms with E-state index in [9.17, 15) is 13.2 Å². The second kappa shape index (κ2) is 6.75. The van der Waals surface area contributed by atoms with E-state index >= 15 is 0 Å². The molecule has 0 unspecified atom stereocenters. The lowest BCUT2D eigenvalue weighted by atomic mass is 9.92. The number of alkyl halides is 2. The van der Waals surface area contributed by atoms with Gasteiger partial charge in [-0.3, -0.25) is 0 Å². The maximum atomic E-state index is 14.4. The van der Waals surface area contributed by atoms with Crippen LogP contribution in [0.3, 0.4) is 0 Å². The van der Waals surface area contributed by atoms with Gasteiger partial charge in [-0.1, -0.05) is 6.08 Å². The summed E-state index contributed by atoms with van der Waals surface area (Å²) in [4.78, 5) is 8.67. The largest absolute Gasteiger partial charge is 0.493 e. The van der Waals surface area contributed by atoms with Crippen molar-refractivity contribution >= 4 is 17.2 Å². The highest BCUT2D eigenvalue weighted by atomic mass is 19.3. The SMILES string of the molecule is Fc1ccc2c(c1CNc1ncc(C3=CCC(F)(F)CC3)c3ncnn13)CCO2. The van der Waals surface area contributed by atoms with Crippen molar-refractivity contribution in [3.8, 4) is 5.75 Å². The van der Waals surface area contributed by atoms with Crippen LogP contribution in [0.4, 0.5) is 19.1 Å². The number of nitrogens with zero attached hydrogens (tertiary/aromatic N) is 4. The summed E-state index contributed by atoms with van der Waals surface area (Å²) in [7, 11) is 0. The maximum Gasteiger partial charge on any atom is 0.251 e. The van der Waals surface area contributed by atoms with Crippen LogP contribution in [-0.4, -0.2) is 32.1 Å². The van der Waals surface area contributed by atoms with Crippen LogP contribution in [0.5, 0.6) is 5.75 Å². The van der Waals surface area contributed by atoms with Crippen molar-refractivity contribution in [3.05, 3.63) is 53.2 Å². The number of aromatic nitrogens is 4. The van der Waals surface area contributed by atoms with E-state index in [4.69, 9.17) is 4.74 Å². The molecule has 150 valence electrons. The zero-order chi connectivity index (χ0) is 20.0. The zero-order valence-corrected chi connectivity index (χ0v) is 15.5. The Morgan fingerprint density at radius 2 is 2.10 bits per heavy atom. The minimum atomic E-state index is -2.66. The van der Waals surface area contributed by atoms with Crippen LogP contribution in [0, 0.1) is 5.82 Å². The lowest BCUT2D eigenvalue weighted by Gasteiger charge is -2.21. The summed E-state index contributed by atoms with van der Waals surface area (Å²) in [5.41, 5.74) is 3.40. The maximum absolute atomic E-state index is 14.4.